The molecule has 0 atom stereocenters. The van der Waals surface area contributed by atoms with Crippen LogP contribution in [-0.4, -0.2) is 24.9 Å². The molecule has 0 saturated carbocycles. The normalized spacial score (nSPS) is 12.7. The molecule has 1 heterocycles. The summed E-state index contributed by atoms with van der Waals surface area (Å²) in [6.07, 6.45) is 0.445. The van der Waals surface area contributed by atoms with Gasteiger partial charge in [0.15, 0.2) is 11.5 Å². The van der Waals surface area contributed by atoms with Gasteiger partial charge in [-0.05, 0) is 28.1 Å². The molecule has 0 unspecified atom stereocenters. The van der Waals surface area contributed by atoms with Crippen LogP contribution in [0, 0.1) is 0 Å². The lowest BCUT2D eigenvalue weighted by molar-refractivity contribution is -0.115. The average molecular weight is 394 g/mol. The minimum Gasteiger partial charge on any atom is -0.486 e. The van der Waals surface area contributed by atoms with Crippen LogP contribution in [0.4, 0.5) is 5.69 Å². The van der Waals surface area contributed by atoms with E-state index in [-0.39, 0.29) is 5.91 Å². The maximum Gasteiger partial charge on any atom is 0.225 e. The van der Waals surface area contributed by atoms with Gasteiger partial charge in [0.25, 0.3) is 0 Å². The molecule has 0 aromatic heterocycles. The lowest BCUT2D eigenvalue weighted by Crippen LogP contribution is -2.17. The first kappa shape index (κ1) is 16.2. The zero-order chi connectivity index (χ0) is 16.1. The largest absolute Gasteiger partial charge is 0.486 e. The molecule has 2 aromatic carbocycles. The van der Waals surface area contributed by atoms with Gasteiger partial charge >= 0.3 is 0 Å². The van der Waals surface area contributed by atoms with E-state index in [1.165, 1.54) is 4.90 Å². The first-order valence-corrected chi connectivity index (χ1v) is 9.07. The molecule has 0 bridgehead atoms. The molecule has 1 N–H and O–H groups in total. The summed E-state index contributed by atoms with van der Waals surface area (Å²) < 4.78 is 11.8. The van der Waals surface area contributed by atoms with Crippen molar-refractivity contribution in [1.29, 1.82) is 0 Å². The third kappa shape index (κ3) is 4.42. The van der Waals surface area contributed by atoms with Gasteiger partial charge in [0.05, 0.1) is 5.69 Å². The monoisotopic (exact) mass is 393 g/mol. The molecule has 4 nitrogen and oxygen atoms in total. The molecule has 0 aliphatic carbocycles. The highest BCUT2D eigenvalue weighted by atomic mass is 79.9. The fourth-order valence-corrected chi connectivity index (χ4v) is 3.45. The molecule has 1 aliphatic heterocycles. The number of thioether (sulfide) groups is 1. The van der Waals surface area contributed by atoms with Crippen molar-refractivity contribution >= 4 is 39.3 Å². The van der Waals surface area contributed by atoms with Crippen molar-refractivity contribution in [3.8, 4) is 11.5 Å². The molecule has 3 rings (SSSR count). The third-order valence-corrected chi connectivity index (χ3v) is 4.92. The second kappa shape index (κ2) is 7.75. The van der Waals surface area contributed by atoms with Crippen LogP contribution < -0.4 is 14.8 Å². The topological polar surface area (TPSA) is 47.6 Å². The smallest absolute Gasteiger partial charge is 0.225 e. The fraction of sp³-hybridized carbons (Fsp3) is 0.235. The van der Waals surface area contributed by atoms with E-state index in [1.54, 1.807) is 17.8 Å². The number of amides is 1. The van der Waals surface area contributed by atoms with Gasteiger partial charge in [0.1, 0.15) is 13.2 Å². The van der Waals surface area contributed by atoms with Crippen LogP contribution in [-0.2, 0) is 4.79 Å². The molecule has 2 aromatic rings. The van der Waals surface area contributed by atoms with E-state index >= 15 is 0 Å². The highest BCUT2D eigenvalue weighted by molar-refractivity contribution is 9.10. The van der Waals surface area contributed by atoms with Crippen LogP contribution >= 0.6 is 27.7 Å². The zero-order valence-electron chi connectivity index (χ0n) is 12.4. The Morgan fingerprint density at radius 2 is 1.83 bits per heavy atom. The Kier molecular flexibility index (Phi) is 5.46. The minimum atomic E-state index is -0.0224. The summed E-state index contributed by atoms with van der Waals surface area (Å²) in [5, 5.41) is 2.91. The lowest BCUT2D eigenvalue weighted by atomic mass is 10.2. The Labute approximate surface area is 147 Å². The second-order valence-corrected chi connectivity index (χ2v) is 6.96. The van der Waals surface area contributed by atoms with Gasteiger partial charge in [-0.3, -0.25) is 4.79 Å². The molecule has 1 amide bonds. The van der Waals surface area contributed by atoms with Crippen LogP contribution in [0.3, 0.4) is 0 Å². The van der Waals surface area contributed by atoms with E-state index in [0.29, 0.717) is 36.8 Å². The summed E-state index contributed by atoms with van der Waals surface area (Å²) in [5.41, 5.74) is 0.698. The number of carbonyl (C=O) groups excluding carboxylic acids is 1. The van der Waals surface area contributed by atoms with E-state index in [1.807, 2.05) is 36.4 Å². The number of hydrogen-bond donors (Lipinski definition) is 1. The first-order chi connectivity index (χ1) is 11.2. The highest BCUT2D eigenvalue weighted by Crippen LogP contribution is 2.38. The molecule has 0 radical (unpaired) electrons. The van der Waals surface area contributed by atoms with E-state index in [2.05, 4.69) is 21.2 Å². The summed E-state index contributed by atoms with van der Waals surface area (Å²) in [4.78, 5) is 13.3. The number of anilines is 1. The molecule has 6 heteroatoms. The molecular weight excluding hydrogens is 378 g/mol. The number of fused-ring (bicyclic) bond motifs is 1. The minimum absolute atomic E-state index is 0.0224. The summed E-state index contributed by atoms with van der Waals surface area (Å²) in [6.45, 7) is 1.07. The van der Waals surface area contributed by atoms with Crippen LogP contribution in [0.2, 0.25) is 0 Å². The number of carbonyl (C=O) groups is 1. The van der Waals surface area contributed by atoms with Gasteiger partial charge in [0.2, 0.25) is 5.91 Å². The Morgan fingerprint density at radius 3 is 2.57 bits per heavy atom. The summed E-state index contributed by atoms with van der Waals surface area (Å²) >= 11 is 5.12. The van der Waals surface area contributed by atoms with Gasteiger partial charge in [-0.15, -0.1) is 11.8 Å². The van der Waals surface area contributed by atoms with Crippen molar-refractivity contribution in [2.45, 2.75) is 11.3 Å². The maximum atomic E-state index is 12.1. The van der Waals surface area contributed by atoms with E-state index in [9.17, 15) is 4.79 Å². The Hall–Kier alpha value is -1.66. The van der Waals surface area contributed by atoms with E-state index in [0.717, 1.165) is 10.2 Å². The molecule has 0 saturated heterocycles. The number of nitrogens with one attached hydrogen (secondary N) is 1. The average Bonchev–Trinajstić information content (AvgIpc) is 2.56. The van der Waals surface area contributed by atoms with Gasteiger partial charge in [0, 0.05) is 33.7 Å². The Bertz CT molecular complexity index is 694. The number of ether oxygens (including phenoxy) is 2. The molecule has 0 fully saturated rings. The fourth-order valence-electron chi connectivity index (χ4n) is 2.15. The maximum absolute atomic E-state index is 12.1. The van der Waals surface area contributed by atoms with Crippen LogP contribution in [0.5, 0.6) is 11.5 Å². The van der Waals surface area contributed by atoms with E-state index < -0.39 is 0 Å². The molecule has 23 heavy (non-hydrogen) atoms. The van der Waals surface area contributed by atoms with Crippen molar-refractivity contribution in [2.75, 3.05) is 24.3 Å². The van der Waals surface area contributed by atoms with Crippen molar-refractivity contribution in [3.05, 3.63) is 46.9 Å². The highest BCUT2D eigenvalue weighted by Gasteiger charge is 2.16. The number of hydrogen-bond acceptors (Lipinski definition) is 4. The van der Waals surface area contributed by atoms with Gasteiger partial charge in [-0.1, -0.05) is 18.2 Å². The Morgan fingerprint density at radius 1 is 1.13 bits per heavy atom. The quantitative estimate of drug-likeness (QED) is 0.767. The third-order valence-electron chi connectivity index (χ3n) is 3.25. The van der Waals surface area contributed by atoms with Crippen LogP contribution in [0.1, 0.15) is 6.42 Å². The SMILES string of the molecule is O=C(CCSc1ccccc1)Nc1cc2c(cc1Br)OCCO2. The summed E-state index contributed by atoms with van der Waals surface area (Å²) in [6, 6.07) is 13.7. The lowest BCUT2D eigenvalue weighted by Gasteiger charge is -2.20. The van der Waals surface area contributed by atoms with Gasteiger partial charge in [-0.25, -0.2) is 0 Å². The van der Waals surface area contributed by atoms with Crippen molar-refractivity contribution in [2.24, 2.45) is 0 Å². The molecular formula is C17H16BrNO3S. The first-order valence-electron chi connectivity index (χ1n) is 7.29. The van der Waals surface area contributed by atoms with E-state index in [4.69, 9.17) is 9.47 Å². The van der Waals surface area contributed by atoms with Gasteiger partial charge < -0.3 is 14.8 Å². The summed E-state index contributed by atoms with van der Waals surface area (Å²) in [5.74, 6) is 2.07. The predicted molar refractivity (Wildman–Crippen MR) is 95.5 cm³/mol. The standard InChI is InChI=1S/C17H16BrNO3S/c18-13-10-15-16(22-8-7-21-15)11-14(13)19-17(20)6-9-23-12-4-2-1-3-5-12/h1-5,10-11H,6-9H2,(H,19,20). The number of halogens is 1. The van der Waals surface area contributed by atoms with Crippen molar-refractivity contribution in [1.82, 2.24) is 0 Å². The van der Waals surface area contributed by atoms with Crippen LogP contribution in [0.15, 0.2) is 51.8 Å². The molecule has 1 aliphatic rings. The second-order valence-electron chi connectivity index (χ2n) is 4.94. The van der Waals surface area contributed by atoms with Crippen LogP contribution in [0.25, 0.3) is 0 Å². The summed E-state index contributed by atoms with van der Waals surface area (Å²) in [7, 11) is 0. The molecule has 0 spiro atoms. The predicted octanol–water partition coefficient (Wildman–Crippen LogP) is 4.34. The Balaban J connectivity index is 1.55. The molecule has 120 valence electrons. The van der Waals surface area contributed by atoms with Crippen molar-refractivity contribution in [3.63, 3.8) is 0 Å². The zero-order valence-corrected chi connectivity index (χ0v) is 14.8. The number of benzene rings is 2. The number of rotatable bonds is 5. The van der Waals surface area contributed by atoms with Crippen molar-refractivity contribution < 1.29 is 14.3 Å². The van der Waals surface area contributed by atoms with Gasteiger partial charge in [-0.2, -0.15) is 0 Å².